The maximum absolute atomic E-state index is 13.6. The molecule has 0 aliphatic heterocycles. The van der Waals surface area contributed by atoms with Crippen LogP contribution in [0, 0.1) is 5.82 Å². The maximum Gasteiger partial charge on any atom is 0.147 e. The molecule has 1 aromatic carbocycles. The van der Waals surface area contributed by atoms with E-state index in [-0.39, 0.29) is 11.4 Å². The second kappa shape index (κ2) is 5.33. The van der Waals surface area contributed by atoms with Crippen LogP contribution in [-0.4, -0.2) is 9.78 Å². The lowest BCUT2D eigenvalue weighted by Gasteiger charge is -2.18. The van der Waals surface area contributed by atoms with Gasteiger partial charge in [0, 0.05) is 22.8 Å². The highest BCUT2D eigenvalue weighted by atomic mass is 79.9. The van der Waals surface area contributed by atoms with Gasteiger partial charge in [-0.3, -0.25) is 4.68 Å². The molecule has 0 saturated heterocycles. The molecular formula is C14H17BrFN3. The lowest BCUT2D eigenvalue weighted by atomic mass is 10.1. The SMILES string of the molecule is CC(C)(C)n1cc(CNc2c(F)cccc2Br)cn1. The number of para-hydroxylation sites is 1. The van der Waals surface area contributed by atoms with E-state index in [0.717, 1.165) is 10.0 Å². The Kier molecular flexibility index (Phi) is 3.94. The maximum atomic E-state index is 13.6. The number of hydrogen-bond donors (Lipinski definition) is 1. The highest BCUT2D eigenvalue weighted by molar-refractivity contribution is 9.10. The van der Waals surface area contributed by atoms with Crippen LogP contribution in [0.5, 0.6) is 0 Å². The third-order valence-electron chi connectivity index (χ3n) is 2.76. The van der Waals surface area contributed by atoms with E-state index < -0.39 is 0 Å². The number of halogens is 2. The molecule has 0 aliphatic carbocycles. The summed E-state index contributed by atoms with van der Waals surface area (Å²) >= 11 is 3.33. The quantitative estimate of drug-likeness (QED) is 0.918. The summed E-state index contributed by atoms with van der Waals surface area (Å²) in [5.74, 6) is -0.266. The van der Waals surface area contributed by atoms with Crippen molar-refractivity contribution in [2.45, 2.75) is 32.9 Å². The fourth-order valence-electron chi connectivity index (χ4n) is 1.68. The molecule has 0 amide bonds. The molecule has 2 aromatic rings. The summed E-state index contributed by atoms with van der Waals surface area (Å²) in [4.78, 5) is 0. The monoisotopic (exact) mass is 325 g/mol. The summed E-state index contributed by atoms with van der Waals surface area (Å²) in [6.45, 7) is 6.80. The van der Waals surface area contributed by atoms with Crippen LogP contribution in [0.25, 0.3) is 0 Å². The molecule has 5 heteroatoms. The van der Waals surface area contributed by atoms with Gasteiger partial charge in [-0.15, -0.1) is 0 Å². The largest absolute Gasteiger partial charge is 0.378 e. The van der Waals surface area contributed by atoms with Crippen LogP contribution in [-0.2, 0) is 12.1 Å². The number of benzene rings is 1. The molecule has 0 atom stereocenters. The Balaban J connectivity index is 2.09. The van der Waals surface area contributed by atoms with Gasteiger partial charge < -0.3 is 5.32 Å². The number of aromatic nitrogens is 2. The Bertz CT molecular complexity index is 552. The van der Waals surface area contributed by atoms with Gasteiger partial charge in [-0.05, 0) is 48.8 Å². The Morgan fingerprint density at radius 2 is 2.11 bits per heavy atom. The van der Waals surface area contributed by atoms with Gasteiger partial charge in [-0.2, -0.15) is 5.10 Å². The van der Waals surface area contributed by atoms with E-state index in [0.29, 0.717) is 12.2 Å². The molecule has 1 aromatic heterocycles. The zero-order valence-electron chi connectivity index (χ0n) is 11.2. The lowest BCUT2D eigenvalue weighted by molar-refractivity contribution is 0.355. The summed E-state index contributed by atoms with van der Waals surface area (Å²) in [5.41, 5.74) is 1.45. The fourth-order valence-corrected chi connectivity index (χ4v) is 2.16. The molecule has 1 heterocycles. The van der Waals surface area contributed by atoms with E-state index in [9.17, 15) is 4.39 Å². The van der Waals surface area contributed by atoms with Gasteiger partial charge in [0.25, 0.3) is 0 Å². The Morgan fingerprint density at radius 1 is 1.37 bits per heavy atom. The summed E-state index contributed by atoms with van der Waals surface area (Å²) in [6.07, 6.45) is 3.77. The standard InChI is InChI=1S/C14H17BrFN3/c1-14(2,3)19-9-10(8-18-19)7-17-13-11(15)5-4-6-12(13)16/h4-6,8-9,17H,7H2,1-3H3. The zero-order valence-corrected chi connectivity index (χ0v) is 12.8. The molecular weight excluding hydrogens is 309 g/mol. The van der Waals surface area contributed by atoms with Crippen molar-refractivity contribution in [2.75, 3.05) is 5.32 Å². The molecule has 102 valence electrons. The number of rotatable bonds is 3. The average molecular weight is 326 g/mol. The van der Waals surface area contributed by atoms with Crippen LogP contribution < -0.4 is 5.32 Å². The summed E-state index contributed by atoms with van der Waals surface area (Å²) in [6, 6.07) is 4.91. The van der Waals surface area contributed by atoms with Gasteiger partial charge >= 0.3 is 0 Å². The molecule has 0 aliphatic rings. The second-order valence-corrected chi connectivity index (χ2v) is 6.27. The molecule has 0 bridgehead atoms. The van der Waals surface area contributed by atoms with Crippen molar-refractivity contribution in [3.63, 3.8) is 0 Å². The summed E-state index contributed by atoms with van der Waals surface area (Å²) in [7, 11) is 0. The first-order valence-corrected chi connectivity index (χ1v) is 6.89. The highest BCUT2D eigenvalue weighted by Gasteiger charge is 2.14. The zero-order chi connectivity index (χ0) is 14.0. The first kappa shape index (κ1) is 14.1. The van der Waals surface area contributed by atoms with E-state index in [4.69, 9.17) is 0 Å². The molecule has 0 spiro atoms. The van der Waals surface area contributed by atoms with Gasteiger partial charge in [0.05, 0.1) is 17.4 Å². The third kappa shape index (κ3) is 3.35. The molecule has 3 nitrogen and oxygen atoms in total. The van der Waals surface area contributed by atoms with Gasteiger partial charge in [0.15, 0.2) is 0 Å². The van der Waals surface area contributed by atoms with E-state index in [1.807, 2.05) is 16.9 Å². The van der Waals surface area contributed by atoms with Crippen molar-refractivity contribution in [3.8, 4) is 0 Å². The smallest absolute Gasteiger partial charge is 0.147 e. The van der Waals surface area contributed by atoms with Crippen LogP contribution in [0.2, 0.25) is 0 Å². The summed E-state index contributed by atoms with van der Waals surface area (Å²) in [5, 5.41) is 7.40. The van der Waals surface area contributed by atoms with Gasteiger partial charge in [0.2, 0.25) is 0 Å². The van der Waals surface area contributed by atoms with Gasteiger partial charge in [-0.25, -0.2) is 4.39 Å². The number of hydrogen-bond acceptors (Lipinski definition) is 2. The van der Waals surface area contributed by atoms with Crippen molar-refractivity contribution in [3.05, 3.63) is 46.4 Å². The van der Waals surface area contributed by atoms with Crippen molar-refractivity contribution >= 4 is 21.6 Å². The van der Waals surface area contributed by atoms with Gasteiger partial charge in [0.1, 0.15) is 5.82 Å². The van der Waals surface area contributed by atoms with E-state index in [2.05, 4.69) is 47.1 Å². The minimum Gasteiger partial charge on any atom is -0.378 e. The number of anilines is 1. The highest BCUT2D eigenvalue weighted by Crippen LogP contribution is 2.25. The van der Waals surface area contributed by atoms with Crippen molar-refractivity contribution in [2.24, 2.45) is 0 Å². The number of nitrogens with zero attached hydrogens (tertiary/aromatic N) is 2. The van der Waals surface area contributed by atoms with Crippen LogP contribution in [0.3, 0.4) is 0 Å². The van der Waals surface area contributed by atoms with E-state index in [1.165, 1.54) is 6.07 Å². The molecule has 0 fully saturated rings. The van der Waals surface area contributed by atoms with Crippen molar-refractivity contribution in [1.82, 2.24) is 9.78 Å². The first-order valence-electron chi connectivity index (χ1n) is 6.10. The Morgan fingerprint density at radius 3 is 2.68 bits per heavy atom. The predicted molar refractivity (Wildman–Crippen MR) is 78.6 cm³/mol. The average Bonchev–Trinajstić information content (AvgIpc) is 2.77. The van der Waals surface area contributed by atoms with Crippen molar-refractivity contribution < 1.29 is 4.39 Å². The predicted octanol–water partition coefficient (Wildman–Crippen LogP) is 4.15. The minimum absolute atomic E-state index is 0.0448. The van der Waals surface area contributed by atoms with E-state index >= 15 is 0 Å². The Hall–Kier alpha value is -1.36. The second-order valence-electron chi connectivity index (χ2n) is 5.41. The van der Waals surface area contributed by atoms with Crippen LogP contribution in [0.1, 0.15) is 26.3 Å². The number of nitrogens with one attached hydrogen (secondary N) is 1. The minimum atomic E-state index is -0.266. The lowest BCUT2D eigenvalue weighted by Crippen LogP contribution is -2.22. The van der Waals surface area contributed by atoms with Crippen LogP contribution in [0.15, 0.2) is 35.1 Å². The molecule has 0 unspecified atom stereocenters. The molecule has 1 N–H and O–H groups in total. The van der Waals surface area contributed by atoms with Gasteiger partial charge in [-0.1, -0.05) is 6.07 Å². The van der Waals surface area contributed by atoms with Crippen LogP contribution >= 0.6 is 15.9 Å². The van der Waals surface area contributed by atoms with Crippen molar-refractivity contribution in [1.29, 1.82) is 0 Å². The topological polar surface area (TPSA) is 29.9 Å². The fraction of sp³-hybridized carbons (Fsp3) is 0.357. The molecule has 0 saturated carbocycles. The molecule has 19 heavy (non-hydrogen) atoms. The third-order valence-corrected chi connectivity index (χ3v) is 3.42. The summed E-state index contributed by atoms with van der Waals surface area (Å²) < 4.78 is 16.3. The van der Waals surface area contributed by atoms with E-state index in [1.54, 1.807) is 12.3 Å². The molecule has 0 radical (unpaired) electrons. The normalized spacial score (nSPS) is 11.6. The first-order chi connectivity index (χ1) is 8.88. The Labute approximate surface area is 121 Å². The molecule has 2 rings (SSSR count). The van der Waals surface area contributed by atoms with Crippen LogP contribution in [0.4, 0.5) is 10.1 Å².